The summed E-state index contributed by atoms with van der Waals surface area (Å²) in [4.78, 5) is 37.4. The third kappa shape index (κ3) is 9.75. The van der Waals surface area contributed by atoms with E-state index in [0.717, 1.165) is 0 Å². The standard InChI is InChI=1S/C19H34O7/c1-12(2)23-15(20)10-19(25-14(5)6,17(22)24-13(3)4)11-16(21)26-18(7,8)9/h12-14H,10-11H2,1-9H3. The van der Waals surface area contributed by atoms with Crippen LogP contribution < -0.4 is 0 Å². The first-order chi connectivity index (χ1) is 11.7. The van der Waals surface area contributed by atoms with Gasteiger partial charge in [-0.1, -0.05) is 0 Å². The van der Waals surface area contributed by atoms with E-state index in [0.29, 0.717) is 0 Å². The van der Waals surface area contributed by atoms with E-state index in [2.05, 4.69) is 0 Å². The normalized spacial score (nSPS) is 14.3. The van der Waals surface area contributed by atoms with Gasteiger partial charge in [-0.05, 0) is 62.3 Å². The maximum atomic E-state index is 12.8. The molecule has 152 valence electrons. The van der Waals surface area contributed by atoms with Crippen LogP contribution in [-0.2, 0) is 33.3 Å². The maximum Gasteiger partial charge on any atom is 0.339 e. The van der Waals surface area contributed by atoms with Gasteiger partial charge in [0.25, 0.3) is 0 Å². The summed E-state index contributed by atoms with van der Waals surface area (Å²) in [5.41, 5.74) is -2.53. The zero-order valence-corrected chi connectivity index (χ0v) is 17.5. The molecule has 0 radical (unpaired) electrons. The topological polar surface area (TPSA) is 88.1 Å². The van der Waals surface area contributed by atoms with Gasteiger partial charge in [-0.25, -0.2) is 4.79 Å². The first kappa shape index (κ1) is 24.4. The van der Waals surface area contributed by atoms with Crippen LogP contribution in [0.15, 0.2) is 0 Å². The van der Waals surface area contributed by atoms with Crippen molar-refractivity contribution in [2.75, 3.05) is 0 Å². The van der Waals surface area contributed by atoms with E-state index in [-0.39, 0.29) is 6.10 Å². The summed E-state index contributed by atoms with van der Waals surface area (Å²) in [6, 6.07) is 0. The molecule has 0 bridgehead atoms. The number of ether oxygens (including phenoxy) is 4. The Labute approximate surface area is 156 Å². The molecule has 0 saturated carbocycles. The molecule has 0 aliphatic rings. The van der Waals surface area contributed by atoms with E-state index in [1.165, 1.54) is 0 Å². The summed E-state index contributed by atoms with van der Waals surface area (Å²) >= 11 is 0. The molecule has 0 aromatic heterocycles. The van der Waals surface area contributed by atoms with Gasteiger partial charge in [0.2, 0.25) is 0 Å². The van der Waals surface area contributed by atoms with E-state index in [1.54, 1.807) is 62.3 Å². The molecule has 0 spiro atoms. The van der Waals surface area contributed by atoms with Gasteiger partial charge in [0.05, 0.1) is 31.2 Å². The van der Waals surface area contributed by atoms with Gasteiger partial charge in [0, 0.05) is 0 Å². The zero-order valence-electron chi connectivity index (χ0n) is 17.5. The van der Waals surface area contributed by atoms with Crippen LogP contribution in [0.5, 0.6) is 0 Å². The number of esters is 3. The average Bonchev–Trinajstić information content (AvgIpc) is 2.32. The Hall–Kier alpha value is -1.63. The second-order valence-electron chi connectivity index (χ2n) is 8.09. The summed E-state index contributed by atoms with van der Waals surface area (Å²) in [5.74, 6) is -2.09. The first-order valence-electron chi connectivity index (χ1n) is 8.97. The molecule has 0 heterocycles. The molecule has 0 aliphatic heterocycles. The lowest BCUT2D eigenvalue weighted by atomic mass is 9.94. The molecule has 7 nitrogen and oxygen atoms in total. The van der Waals surface area contributed by atoms with Crippen LogP contribution in [-0.4, -0.2) is 47.4 Å². The largest absolute Gasteiger partial charge is 0.463 e. The molecule has 0 aromatic carbocycles. The van der Waals surface area contributed by atoms with Gasteiger partial charge in [-0.3, -0.25) is 9.59 Å². The van der Waals surface area contributed by atoms with Crippen molar-refractivity contribution in [1.29, 1.82) is 0 Å². The van der Waals surface area contributed by atoms with Crippen molar-refractivity contribution in [1.82, 2.24) is 0 Å². The second kappa shape index (κ2) is 9.90. The third-order valence-electron chi connectivity index (χ3n) is 2.82. The van der Waals surface area contributed by atoms with Crippen molar-refractivity contribution in [3.8, 4) is 0 Å². The van der Waals surface area contributed by atoms with Crippen molar-refractivity contribution in [3.63, 3.8) is 0 Å². The molecule has 0 aromatic rings. The van der Waals surface area contributed by atoms with Gasteiger partial charge in [0.1, 0.15) is 5.60 Å². The number of carbonyl (C=O) groups is 3. The Morgan fingerprint density at radius 2 is 1.19 bits per heavy atom. The monoisotopic (exact) mass is 374 g/mol. The maximum absolute atomic E-state index is 12.8. The first-order valence-corrected chi connectivity index (χ1v) is 8.97. The number of carbonyl (C=O) groups excluding carboxylic acids is 3. The van der Waals surface area contributed by atoms with Crippen LogP contribution in [0.2, 0.25) is 0 Å². The Morgan fingerprint density at radius 1 is 0.731 bits per heavy atom. The van der Waals surface area contributed by atoms with Gasteiger partial charge in [-0.15, -0.1) is 0 Å². The predicted molar refractivity (Wildman–Crippen MR) is 96.5 cm³/mol. The fourth-order valence-corrected chi connectivity index (χ4v) is 2.26. The minimum atomic E-state index is -1.80. The SMILES string of the molecule is CC(C)OC(=O)CC(CC(=O)OC(C)(C)C)(OC(C)C)C(=O)OC(C)C. The van der Waals surface area contributed by atoms with Crippen LogP contribution >= 0.6 is 0 Å². The smallest absolute Gasteiger partial charge is 0.339 e. The van der Waals surface area contributed by atoms with E-state index in [4.69, 9.17) is 18.9 Å². The van der Waals surface area contributed by atoms with E-state index in [9.17, 15) is 14.4 Å². The molecule has 7 heteroatoms. The summed E-state index contributed by atoms with van der Waals surface area (Å²) in [6.45, 7) is 15.3. The fraction of sp³-hybridized carbons (Fsp3) is 0.842. The van der Waals surface area contributed by atoms with Crippen LogP contribution in [0.25, 0.3) is 0 Å². The molecule has 26 heavy (non-hydrogen) atoms. The highest BCUT2D eigenvalue weighted by molar-refractivity contribution is 5.90. The molecule has 0 N–H and O–H groups in total. The van der Waals surface area contributed by atoms with E-state index >= 15 is 0 Å². The highest BCUT2D eigenvalue weighted by Crippen LogP contribution is 2.28. The average molecular weight is 374 g/mol. The second-order valence-corrected chi connectivity index (χ2v) is 8.09. The zero-order chi connectivity index (χ0) is 20.7. The van der Waals surface area contributed by atoms with Gasteiger partial charge in [0.15, 0.2) is 5.60 Å². The lowest BCUT2D eigenvalue weighted by molar-refractivity contribution is -0.196. The molecule has 0 aliphatic carbocycles. The third-order valence-corrected chi connectivity index (χ3v) is 2.82. The van der Waals surface area contributed by atoms with Crippen LogP contribution in [0.1, 0.15) is 75.2 Å². The van der Waals surface area contributed by atoms with Crippen molar-refractivity contribution in [2.24, 2.45) is 0 Å². The molecule has 0 fully saturated rings. The molecule has 1 unspecified atom stereocenters. The van der Waals surface area contributed by atoms with E-state index < -0.39 is 54.2 Å². The molecule has 0 rings (SSSR count). The van der Waals surface area contributed by atoms with Crippen molar-refractivity contribution in [2.45, 2.75) is 105 Å². The number of hydrogen-bond donors (Lipinski definition) is 0. The van der Waals surface area contributed by atoms with Gasteiger partial charge < -0.3 is 18.9 Å². The van der Waals surface area contributed by atoms with Crippen molar-refractivity contribution < 1.29 is 33.3 Å². The minimum Gasteiger partial charge on any atom is -0.463 e. The molecule has 1 atom stereocenters. The molecule has 0 saturated heterocycles. The minimum absolute atomic E-state index is 0.359. The summed E-state index contributed by atoms with van der Waals surface area (Å²) in [6.07, 6.45) is -2.10. The van der Waals surface area contributed by atoms with Crippen molar-refractivity contribution in [3.05, 3.63) is 0 Å². The highest BCUT2D eigenvalue weighted by Gasteiger charge is 2.48. The predicted octanol–water partition coefficient (Wildman–Crippen LogP) is 3.18. The summed E-state index contributed by atoms with van der Waals surface area (Å²) < 4.78 is 21.5. The lowest BCUT2D eigenvalue weighted by Crippen LogP contribution is -2.50. The molecular weight excluding hydrogens is 340 g/mol. The number of hydrogen-bond acceptors (Lipinski definition) is 7. The van der Waals surface area contributed by atoms with Gasteiger partial charge in [-0.2, -0.15) is 0 Å². The summed E-state index contributed by atoms with van der Waals surface area (Å²) in [5, 5.41) is 0. The van der Waals surface area contributed by atoms with Crippen LogP contribution in [0, 0.1) is 0 Å². The Bertz CT molecular complexity index is 489. The Morgan fingerprint density at radius 3 is 1.58 bits per heavy atom. The van der Waals surface area contributed by atoms with E-state index in [1.807, 2.05) is 0 Å². The molecular formula is C19H34O7. The fourth-order valence-electron chi connectivity index (χ4n) is 2.26. The quantitative estimate of drug-likeness (QED) is 0.452. The molecule has 0 amide bonds. The lowest BCUT2D eigenvalue weighted by Gasteiger charge is -2.33. The van der Waals surface area contributed by atoms with Crippen LogP contribution in [0.3, 0.4) is 0 Å². The summed E-state index contributed by atoms with van der Waals surface area (Å²) in [7, 11) is 0. The van der Waals surface area contributed by atoms with Crippen molar-refractivity contribution >= 4 is 17.9 Å². The van der Waals surface area contributed by atoms with Gasteiger partial charge >= 0.3 is 17.9 Å². The number of rotatable bonds is 9. The Kier molecular flexibility index (Phi) is 9.28. The Balaban J connectivity index is 5.74. The van der Waals surface area contributed by atoms with Crippen LogP contribution in [0.4, 0.5) is 0 Å². The highest BCUT2D eigenvalue weighted by atomic mass is 16.6.